The second kappa shape index (κ2) is 6.22. The van der Waals surface area contributed by atoms with E-state index < -0.39 is 11.8 Å². The molecule has 1 aromatic rings. The monoisotopic (exact) mass is 305 g/mol. The van der Waals surface area contributed by atoms with Crippen molar-refractivity contribution in [3.63, 3.8) is 0 Å². The van der Waals surface area contributed by atoms with Crippen molar-refractivity contribution in [3.8, 4) is 0 Å². The molecular weight excluding hydrogens is 286 g/mol. The maximum atomic E-state index is 12.2. The number of amides is 2. The number of hydrogen-bond donors (Lipinski definition) is 1. The minimum atomic E-state index is -0.465. The highest BCUT2D eigenvalue weighted by Crippen LogP contribution is 2.15. The summed E-state index contributed by atoms with van der Waals surface area (Å²) in [6, 6.07) is 7.46. The molecule has 0 aromatic heterocycles. The minimum Gasteiger partial charge on any atom is -0.389 e. The standard InChI is InChI=1S/C15H19N3O2S/c1-10(2)18-8-7-17(14(19)15(18)20)9-11-5-3-4-6-12(11)13(16)21/h3-6,10H,7-9H2,1-2H3,(H2,16,21). The highest BCUT2D eigenvalue weighted by atomic mass is 32.1. The second-order valence-electron chi connectivity index (χ2n) is 5.34. The Morgan fingerprint density at radius 3 is 2.52 bits per heavy atom. The number of hydrogen-bond acceptors (Lipinski definition) is 3. The van der Waals surface area contributed by atoms with Gasteiger partial charge in [0.25, 0.3) is 0 Å². The number of thiocarbonyl (C=S) groups is 1. The van der Waals surface area contributed by atoms with Gasteiger partial charge in [-0.15, -0.1) is 0 Å². The number of nitrogens with zero attached hydrogens (tertiary/aromatic N) is 2. The molecule has 1 fully saturated rings. The van der Waals surface area contributed by atoms with Crippen LogP contribution in [0.25, 0.3) is 0 Å². The quantitative estimate of drug-likeness (QED) is 0.663. The van der Waals surface area contributed by atoms with E-state index in [1.807, 2.05) is 38.1 Å². The normalized spacial score (nSPS) is 15.8. The zero-order chi connectivity index (χ0) is 15.6. The molecule has 112 valence electrons. The van der Waals surface area contributed by atoms with Gasteiger partial charge < -0.3 is 15.5 Å². The van der Waals surface area contributed by atoms with Gasteiger partial charge in [-0.3, -0.25) is 9.59 Å². The van der Waals surface area contributed by atoms with Crippen LogP contribution in [0.4, 0.5) is 0 Å². The Kier molecular flexibility index (Phi) is 4.57. The van der Waals surface area contributed by atoms with E-state index in [0.29, 0.717) is 24.6 Å². The van der Waals surface area contributed by atoms with Crippen molar-refractivity contribution >= 4 is 29.0 Å². The summed E-state index contributed by atoms with van der Waals surface area (Å²) in [6.45, 7) is 5.24. The van der Waals surface area contributed by atoms with Gasteiger partial charge >= 0.3 is 11.8 Å². The van der Waals surface area contributed by atoms with Crippen molar-refractivity contribution in [1.82, 2.24) is 9.80 Å². The molecule has 0 unspecified atom stereocenters. The lowest BCUT2D eigenvalue weighted by atomic mass is 10.1. The van der Waals surface area contributed by atoms with Crippen LogP contribution in [-0.4, -0.2) is 45.7 Å². The summed E-state index contributed by atoms with van der Waals surface area (Å²) < 4.78 is 0. The maximum Gasteiger partial charge on any atom is 0.312 e. The van der Waals surface area contributed by atoms with Gasteiger partial charge in [0.2, 0.25) is 0 Å². The van der Waals surface area contributed by atoms with E-state index in [1.54, 1.807) is 9.80 Å². The Hall–Kier alpha value is -1.95. The molecule has 0 spiro atoms. The van der Waals surface area contributed by atoms with E-state index in [-0.39, 0.29) is 6.04 Å². The van der Waals surface area contributed by atoms with Crippen molar-refractivity contribution in [3.05, 3.63) is 35.4 Å². The van der Waals surface area contributed by atoms with Gasteiger partial charge in [-0.05, 0) is 19.4 Å². The largest absolute Gasteiger partial charge is 0.389 e. The summed E-state index contributed by atoms with van der Waals surface area (Å²) in [5.41, 5.74) is 7.31. The van der Waals surface area contributed by atoms with E-state index in [1.165, 1.54) is 0 Å². The van der Waals surface area contributed by atoms with E-state index in [2.05, 4.69) is 0 Å². The van der Waals surface area contributed by atoms with Crippen molar-refractivity contribution < 1.29 is 9.59 Å². The van der Waals surface area contributed by atoms with Crippen LogP contribution >= 0.6 is 12.2 Å². The molecule has 0 saturated carbocycles. The van der Waals surface area contributed by atoms with Gasteiger partial charge in [0.1, 0.15) is 4.99 Å². The summed E-state index contributed by atoms with van der Waals surface area (Å²) >= 11 is 5.02. The molecule has 1 aliphatic rings. The molecule has 0 atom stereocenters. The van der Waals surface area contributed by atoms with Crippen LogP contribution in [0.1, 0.15) is 25.0 Å². The van der Waals surface area contributed by atoms with Crippen molar-refractivity contribution in [2.24, 2.45) is 5.73 Å². The zero-order valence-corrected chi connectivity index (χ0v) is 13.0. The maximum absolute atomic E-state index is 12.2. The molecule has 2 amide bonds. The number of piperazine rings is 1. The van der Waals surface area contributed by atoms with Gasteiger partial charge in [0, 0.05) is 31.2 Å². The van der Waals surface area contributed by atoms with Gasteiger partial charge in [0.15, 0.2) is 0 Å². The number of benzene rings is 1. The Morgan fingerprint density at radius 1 is 1.24 bits per heavy atom. The molecule has 2 N–H and O–H groups in total. The Labute approximate surface area is 129 Å². The fourth-order valence-corrected chi connectivity index (χ4v) is 2.64. The van der Waals surface area contributed by atoms with Crippen molar-refractivity contribution in [2.75, 3.05) is 13.1 Å². The fourth-order valence-electron chi connectivity index (χ4n) is 2.44. The average molecular weight is 305 g/mol. The lowest BCUT2D eigenvalue weighted by molar-refractivity contribution is -0.157. The van der Waals surface area contributed by atoms with Crippen LogP contribution in [0.5, 0.6) is 0 Å². The van der Waals surface area contributed by atoms with Crippen LogP contribution in [-0.2, 0) is 16.1 Å². The number of carbonyl (C=O) groups excluding carboxylic acids is 2. The zero-order valence-electron chi connectivity index (χ0n) is 12.2. The van der Waals surface area contributed by atoms with Crippen molar-refractivity contribution in [1.29, 1.82) is 0 Å². The predicted molar refractivity (Wildman–Crippen MR) is 84.6 cm³/mol. The first kappa shape index (κ1) is 15.4. The summed E-state index contributed by atoms with van der Waals surface area (Å²) in [7, 11) is 0. The number of rotatable bonds is 4. The van der Waals surface area contributed by atoms with E-state index in [9.17, 15) is 9.59 Å². The second-order valence-corrected chi connectivity index (χ2v) is 5.78. The SMILES string of the molecule is CC(C)N1CCN(Cc2ccccc2C(N)=S)C(=O)C1=O. The molecule has 1 aromatic carbocycles. The van der Waals surface area contributed by atoms with E-state index >= 15 is 0 Å². The molecule has 6 heteroatoms. The van der Waals surface area contributed by atoms with Gasteiger partial charge in [0.05, 0.1) is 0 Å². The van der Waals surface area contributed by atoms with E-state index in [0.717, 1.165) is 11.1 Å². The molecule has 1 aliphatic heterocycles. The molecule has 2 rings (SSSR count). The third kappa shape index (κ3) is 3.21. The first-order valence-corrected chi connectivity index (χ1v) is 7.30. The molecule has 0 radical (unpaired) electrons. The average Bonchev–Trinajstić information content (AvgIpc) is 2.44. The first-order chi connectivity index (χ1) is 9.91. The molecule has 1 saturated heterocycles. The Balaban J connectivity index is 2.17. The van der Waals surface area contributed by atoms with Crippen LogP contribution in [0.15, 0.2) is 24.3 Å². The Bertz CT molecular complexity index is 586. The first-order valence-electron chi connectivity index (χ1n) is 6.89. The smallest absolute Gasteiger partial charge is 0.312 e. The lowest BCUT2D eigenvalue weighted by Gasteiger charge is -2.36. The van der Waals surface area contributed by atoms with Gasteiger partial charge in [-0.25, -0.2) is 0 Å². The Morgan fingerprint density at radius 2 is 1.90 bits per heavy atom. The van der Waals surface area contributed by atoms with Crippen LogP contribution in [0.3, 0.4) is 0 Å². The van der Waals surface area contributed by atoms with Gasteiger partial charge in [-0.1, -0.05) is 36.5 Å². The summed E-state index contributed by atoms with van der Waals surface area (Å²) in [6.07, 6.45) is 0. The molecule has 0 bridgehead atoms. The number of nitrogens with two attached hydrogens (primary N) is 1. The third-order valence-electron chi connectivity index (χ3n) is 3.61. The highest BCUT2D eigenvalue weighted by molar-refractivity contribution is 7.80. The van der Waals surface area contributed by atoms with Crippen LogP contribution < -0.4 is 5.73 Å². The van der Waals surface area contributed by atoms with E-state index in [4.69, 9.17) is 18.0 Å². The fraction of sp³-hybridized carbons (Fsp3) is 0.400. The number of carbonyl (C=O) groups is 2. The summed E-state index contributed by atoms with van der Waals surface area (Å²) in [5.74, 6) is -0.906. The summed E-state index contributed by atoms with van der Waals surface area (Å²) in [5, 5.41) is 0. The molecule has 1 heterocycles. The van der Waals surface area contributed by atoms with Gasteiger partial charge in [-0.2, -0.15) is 0 Å². The van der Waals surface area contributed by atoms with Crippen LogP contribution in [0.2, 0.25) is 0 Å². The molecule has 5 nitrogen and oxygen atoms in total. The molecule has 0 aliphatic carbocycles. The van der Waals surface area contributed by atoms with Crippen molar-refractivity contribution in [2.45, 2.75) is 26.4 Å². The molecular formula is C15H19N3O2S. The topological polar surface area (TPSA) is 66.6 Å². The highest BCUT2D eigenvalue weighted by Gasteiger charge is 2.33. The van der Waals surface area contributed by atoms with Crippen LogP contribution in [0, 0.1) is 0 Å². The minimum absolute atomic E-state index is 0.0347. The lowest BCUT2D eigenvalue weighted by Crippen LogP contribution is -2.55. The molecule has 21 heavy (non-hydrogen) atoms. The predicted octanol–water partition coefficient (Wildman–Crippen LogP) is 0.900. The summed E-state index contributed by atoms with van der Waals surface area (Å²) in [4.78, 5) is 27.7. The third-order valence-corrected chi connectivity index (χ3v) is 3.83.